The highest BCUT2D eigenvalue weighted by Crippen LogP contribution is 2.65. The van der Waals surface area contributed by atoms with Crippen molar-refractivity contribution in [1.29, 1.82) is 0 Å². The number of carbonyl (C=O) groups is 7. The van der Waals surface area contributed by atoms with Gasteiger partial charge in [0.15, 0.2) is 0 Å². The van der Waals surface area contributed by atoms with E-state index in [0.29, 0.717) is 5.56 Å². The van der Waals surface area contributed by atoms with Gasteiger partial charge in [-0.15, -0.1) is 0 Å². The monoisotopic (exact) mass is 779 g/mol. The molecule has 1 unspecified atom stereocenters. The molecule has 0 spiro atoms. The molecule has 2 aliphatic rings. The van der Waals surface area contributed by atoms with Crippen LogP contribution >= 0.6 is 0 Å². The molecule has 0 bridgehead atoms. The molecule has 1 aromatic carbocycles. The van der Waals surface area contributed by atoms with Crippen molar-refractivity contribution in [1.82, 2.24) is 36.4 Å². The number of carbonyl (C=O) groups excluding carboxylic acids is 7. The van der Waals surface area contributed by atoms with Crippen LogP contribution < -0.4 is 26.6 Å². The molecule has 7 amide bonds. The number of Topliss-reactive ketones (excluding diaryl/α,β-unsaturated/α-hetero) is 1. The molecule has 5 N–H and O–H groups in total. The summed E-state index contributed by atoms with van der Waals surface area (Å²) in [6.45, 7) is 13.8. The number of alkyl halides is 3. The standard InChI is InChI=1S/C38H56F3N7O7/c1-35(2,3)29(45-34(55)46-36(4,5)6)33(54)48-20-22-25(37(22,7)8)27(48)30(51)43-23(17-14-18-38(39,40)41)28(50)31(52)42-19-24(49)44-26(32(53)47(9)10)21-15-12-11-13-16-21/h11-13,15-16,22-23,25-27,29H,14,17-20H2,1-10H3,(H,42,52)(H,43,51)(H,44,49)(H2,45,46,55)/t22-,23?,25-,26-,27-,29+/m0/s1. The van der Waals surface area contributed by atoms with Crippen LogP contribution in [0.2, 0.25) is 0 Å². The highest BCUT2D eigenvalue weighted by atomic mass is 19.4. The van der Waals surface area contributed by atoms with E-state index in [-0.39, 0.29) is 23.8 Å². The Hall–Kier alpha value is -4.70. The number of halogens is 3. The number of likely N-dealkylation sites (N-methyl/N-ethyl adjacent to an activating group) is 1. The molecule has 17 heteroatoms. The van der Waals surface area contributed by atoms with Crippen molar-refractivity contribution in [3.63, 3.8) is 0 Å². The number of hydrogen-bond acceptors (Lipinski definition) is 7. The fourth-order valence-electron chi connectivity index (χ4n) is 6.98. The van der Waals surface area contributed by atoms with Crippen LogP contribution in [0.3, 0.4) is 0 Å². The van der Waals surface area contributed by atoms with E-state index < -0.39 is 108 Å². The number of rotatable bonds is 14. The summed E-state index contributed by atoms with van der Waals surface area (Å²) in [5, 5.41) is 12.6. The normalized spacial score (nSPS) is 20.5. The Bertz CT molecular complexity index is 1620. The Morgan fingerprint density at radius 3 is 2.04 bits per heavy atom. The molecule has 1 heterocycles. The zero-order valence-corrected chi connectivity index (χ0v) is 33.3. The summed E-state index contributed by atoms with van der Waals surface area (Å²) in [6, 6.07) is 2.64. The minimum atomic E-state index is -4.58. The summed E-state index contributed by atoms with van der Waals surface area (Å²) in [4.78, 5) is 96.0. The molecular weight excluding hydrogens is 723 g/mol. The number of likely N-dealkylation sites (tertiary alicyclic amines) is 1. The minimum absolute atomic E-state index is 0.114. The Kier molecular flexibility index (Phi) is 13.8. The summed E-state index contributed by atoms with van der Waals surface area (Å²) in [7, 11) is 2.99. The predicted molar refractivity (Wildman–Crippen MR) is 197 cm³/mol. The number of fused-ring (bicyclic) bond motifs is 1. The van der Waals surface area contributed by atoms with Crippen molar-refractivity contribution in [3.8, 4) is 0 Å². The van der Waals surface area contributed by atoms with Gasteiger partial charge in [0.2, 0.25) is 29.4 Å². The van der Waals surface area contributed by atoms with Crippen LogP contribution in [0.5, 0.6) is 0 Å². The molecule has 306 valence electrons. The van der Waals surface area contributed by atoms with E-state index in [1.165, 1.54) is 23.9 Å². The van der Waals surface area contributed by atoms with Gasteiger partial charge < -0.3 is 36.4 Å². The highest BCUT2D eigenvalue weighted by Gasteiger charge is 2.70. The van der Waals surface area contributed by atoms with E-state index in [4.69, 9.17) is 0 Å². The first-order valence-corrected chi connectivity index (χ1v) is 18.3. The van der Waals surface area contributed by atoms with Gasteiger partial charge in [-0.2, -0.15) is 13.2 Å². The molecular formula is C38H56F3N7O7. The van der Waals surface area contributed by atoms with Crippen molar-refractivity contribution in [2.75, 3.05) is 27.2 Å². The second-order valence-electron chi connectivity index (χ2n) is 17.3. The molecule has 0 aromatic heterocycles. The Morgan fingerprint density at radius 1 is 0.909 bits per heavy atom. The Labute approximate surface area is 320 Å². The maximum atomic E-state index is 14.2. The van der Waals surface area contributed by atoms with E-state index in [9.17, 15) is 46.7 Å². The number of urea groups is 1. The van der Waals surface area contributed by atoms with Crippen molar-refractivity contribution >= 4 is 41.4 Å². The van der Waals surface area contributed by atoms with Crippen molar-refractivity contribution in [2.24, 2.45) is 22.7 Å². The maximum Gasteiger partial charge on any atom is 0.389 e. The lowest BCUT2D eigenvalue weighted by atomic mass is 9.85. The number of nitrogens with zero attached hydrogens (tertiary/aromatic N) is 2. The number of hydrogen-bond donors (Lipinski definition) is 5. The SMILES string of the molecule is CN(C)C(=O)[C@@H](NC(=O)CNC(=O)C(=O)C(CCCC(F)(F)F)NC(=O)[C@@H]1[C@@H]2[C@H](CN1C(=O)[C@@H](NC(=O)NC(C)(C)C)C(C)(C)C)C2(C)C)c1ccccc1. The number of piperidine rings is 1. The third-order valence-corrected chi connectivity index (χ3v) is 9.98. The van der Waals surface area contributed by atoms with Gasteiger partial charge in [0, 0.05) is 32.6 Å². The van der Waals surface area contributed by atoms with Crippen LogP contribution in [0, 0.1) is 22.7 Å². The molecule has 2 fully saturated rings. The van der Waals surface area contributed by atoms with E-state index in [1.54, 1.807) is 71.9 Å². The number of amides is 7. The first kappa shape index (κ1) is 44.7. The summed E-state index contributed by atoms with van der Waals surface area (Å²) in [5.41, 5.74) is -1.35. The molecule has 14 nitrogen and oxygen atoms in total. The van der Waals surface area contributed by atoms with E-state index in [2.05, 4.69) is 26.6 Å². The molecule has 1 aliphatic carbocycles. The Morgan fingerprint density at radius 2 is 1.51 bits per heavy atom. The number of benzene rings is 1. The van der Waals surface area contributed by atoms with Gasteiger partial charge in [0.25, 0.3) is 5.91 Å². The van der Waals surface area contributed by atoms with Gasteiger partial charge in [-0.25, -0.2) is 4.79 Å². The van der Waals surface area contributed by atoms with E-state index >= 15 is 0 Å². The lowest BCUT2D eigenvalue weighted by Gasteiger charge is -2.38. The number of nitrogens with one attached hydrogen (secondary N) is 5. The fraction of sp³-hybridized carbons (Fsp3) is 0.658. The summed E-state index contributed by atoms with van der Waals surface area (Å²) >= 11 is 0. The van der Waals surface area contributed by atoms with E-state index in [0.717, 1.165) is 0 Å². The topological polar surface area (TPSA) is 186 Å². The second kappa shape index (κ2) is 17.0. The van der Waals surface area contributed by atoms with Gasteiger partial charge in [-0.1, -0.05) is 65.0 Å². The van der Waals surface area contributed by atoms with E-state index in [1.807, 2.05) is 13.8 Å². The molecule has 1 saturated heterocycles. The summed E-state index contributed by atoms with van der Waals surface area (Å²) < 4.78 is 39.5. The van der Waals surface area contributed by atoms with Crippen LogP contribution in [0.1, 0.15) is 86.3 Å². The largest absolute Gasteiger partial charge is 0.389 e. The molecule has 1 saturated carbocycles. The highest BCUT2D eigenvalue weighted by molar-refractivity contribution is 6.38. The Balaban J connectivity index is 1.81. The quantitative estimate of drug-likeness (QED) is 0.180. The summed E-state index contributed by atoms with van der Waals surface area (Å²) in [6.07, 6.45) is -7.04. The molecule has 6 atom stereocenters. The molecule has 0 radical (unpaired) electrons. The van der Waals surface area contributed by atoms with Crippen LogP contribution in [0.25, 0.3) is 0 Å². The molecule has 1 aliphatic heterocycles. The van der Waals surface area contributed by atoms with Crippen LogP contribution in [-0.4, -0.2) is 108 Å². The zero-order chi connectivity index (χ0) is 41.8. The first-order valence-electron chi connectivity index (χ1n) is 18.3. The third kappa shape index (κ3) is 11.9. The minimum Gasteiger partial charge on any atom is -0.347 e. The number of ketones is 1. The maximum absolute atomic E-state index is 14.2. The zero-order valence-electron chi connectivity index (χ0n) is 33.3. The third-order valence-electron chi connectivity index (χ3n) is 9.98. The molecule has 1 aromatic rings. The van der Waals surface area contributed by atoms with Gasteiger partial charge >= 0.3 is 12.2 Å². The van der Waals surface area contributed by atoms with Crippen LogP contribution in [-0.2, 0) is 28.8 Å². The van der Waals surface area contributed by atoms with Gasteiger partial charge in [-0.05, 0) is 61.8 Å². The fourth-order valence-corrected chi connectivity index (χ4v) is 6.98. The van der Waals surface area contributed by atoms with Gasteiger partial charge in [-0.3, -0.25) is 28.8 Å². The van der Waals surface area contributed by atoms with Crippen molar-refractivity contribution in [3.05, 3.63) is 35.9 Å². The lowest BCUT2D eigenvalue weighted by molar-refractivity contribution is -0.146. The predicted octanol–water partition coefficient (Wildman–Crippen LogP) is 2.83. The van der Waals surface area contributed by atoms with Crippen LogP contribution in [0.4, 0.5) is 18.0 Å². The summed E-state index contributed by atoms with van der Waals surface area (Å²) in [5.74, 6) is -5.79. The lowest BCUT2D eigenvalue weighted by Crippen LogP contribution is -2.62. The first-order chi connectivity index (χ1) is 25.2. The second-order valence-corrected chi connectivity index (χ2v) is 17.3. The molecule has 55 heavy (non-hydrogen) atoms. The van der Waals surface area contributed by atoms with Crippen LogP contribution in [0.15, 0.2) is 30.3 Å². The average molecular weight is 780 g/mol. The average Bonchev–Trinajstić information content (AvgIpc) is 3.36. The van der Waals surface area contributed by atoms with Gasteiger partial charge in [0.05, 0.1) is 12.6 Å². The smallest absolute Gasteiger partial charge is 0.347 e. The van der Waals surface area contributed by atoms with Crippen molar-refractivity contribution < 1.29 is 46.7 Å². The van der Waals surface area contributed by atoms with Crippen molar-refractivity contribution in [2.45, 2.75) is 111 Å². The molecule has 3 rings (SSSR count). The van der Waals surface area contributed by atoms with Gasteiger partial charge in [0.1, 0.15) is 18.1 Å².